The van der Waals surface area contributed by atoms with E-state index >= 15 is 0 Å². The van der Waals surface area contributed by atoms with E-state index in [1.54, 1.807) is 0 Å². The number of alkyl halides is 3. The van der Waals surface area contributed by atoms with Crippen molar-refractivity contribution >= 4 is 0 Å². The fourth-order valence-electron chi connectivity index (χ4n) is 1.31. The third kappa shape index (κ3) is 3.69. The number of aliphatic hydroxyl groups is 1. The molecule has 7 heteroatoms. The van der Waals surface area contributed by atoms with Crippen molar-refractivity contribution in [2.45, 2.75) is 51.3 Å². The highest BCUT2D eigenvalue weighted by Gasteiger charge is 2.44. The molecule has 1 heterocycles. The molecule has 4 nitrogen and oxygen atoms in total. The van der Waals surface area contributed by atoms with Gasteiger partial charge in [0.2, 0.25) is 5.89 Å². The lowest BCUT2D eigenvalue weighted by Crippen LogP contribution is -2.33. The Morgan fingerprint density at radius 2 is 2.06 bits per heavy atom. The Hall–Kier alpha value is -1.11. The number of halogens is 3. The summed E-state index contributed by atoms with van der Waals surface area (Å²) >= 11 is 0. The molecule has 0 saturated heterocycles. The number of aliphatic hydroxyl groups excluding tert-OH is 1. The molecule has 0 aliphatic carbocycles. The topological polar surface area (TPSA) is 59.2 Å². The maximum Gasteiger partial charge on any atom is 0.415 e. The van der Waals surface area contributed by atoms with E-state index in [9.17, 15) is 13.2 Å². The molecule has 0 fully saturated rings. The van der Waals surface area contributed by atoms with Gasteiger partial charge < -0.3 is 9.63 Å². The molecule has 0 aliphatic rings. The molecule has 98 valence electrons. The zero-order valence-electron chi connectivity index (χ0n) is 9.66. The fourth-order valence-corrected chi connectivity index (χ4v) is 1.31. The summed E-state index contributed by atoms with van der Waals surface area (Å²) in [6.45, 7) is 3.19. The van der Waals surface area contributed by atoms with Crippen LogP contribution in [0.2, 0.25) is 0 Å². The summed E-state index contributed by atoms with van der Waals surface area (Å²) in [6.07, 6.45) is -4.83. The highest BCUT2D eigenvalue weighted by Crippen LogP contribution is 2.30. The number of unbranched alkanes of at least 4 members (excludes halogenated alkanes) is 1. The summed E-state index contributed by atoms with van der Waals surface area (Å²) in [6, 6.07) is 0. The lowest BCUT2D eigenvalue weighted by Gasteiger charge is -2.17. The fraction of sp³-hybridized carbons (Fsp3) is 0.800. The normalized spacial score (nSPS) is 15.9. The van der Waals surface area contributed by atoms with Crippen LogP contribution in [0.1, 0.15) is 44.3 Å². The molecule has 0 aliphatic heterocycles. The minimum Gasteiger partial charge on any atom is -0.383 e. The minimum atomic E-state index is -4.68. The number of rotatable bonds is 5. The van der Waals surface area contributed by atoms with Crippen molar-refractivity contribution in [3.63, 3.8) is 0 Å². The van der Waals surface area contributed by atoms with Crippen LogP contribution >= 0.6 is 0 Å². The predicted molar refractivity (Wildman–Crippen MR) is 53.4 cm³/mol. The minimum absolute atomic E-state index is 0.180. The first-order valence-electron chi connectivity index (χ1n) is 5.43. The number of nitrogens with zero attached hydrogens (tertiary/aromatic N) is 2. The number of aryl methyl sites for hydroxylation is 1. The lowest BCUT2D eigenvalue weighted by molar-refractivity contribution is -0.210. The van der Waals surface area contributed by atoms with Crippen molar-refractivity contribution in [1.82, 2.24) is 10.1 Å². The highest BCUT2D eigenvalue weighted by atomic mass is 19.4. The first-order chi connectivity index (χ1) is 7.86. The summed E-state index contributed by atoms with van der Waals surface area (Å²) in [5, 5.41) is 12.6. The van der Waals surface area contributed by atoms with Gasteiger partial charge in [-0.1, -0.05) is 25.4 Å². The third-order valence-corrected chi connectivity index (χ3v) is 2.44. The van der Waals surface area contributed by atoms with E-state index < -0.39 is 18.2 Å². The molecule has 1 aromatic heterocycles. The zero-order valence-corrected chi connectivity index (χ0v) is 9.66. The maximum atomic E-state index is 12.3. The average Bonchev–Trinajstić information content (AvgIpc) is 2.71. The summed E-state index contributed by atoms with van der Waals surface area (Å²) in [5.74, 6) is -1.05. The molecule has 0 amide bonds. The van der Waals surface area contributed by atoms with Crippen LogP contribution in [0.3, 0.4) is 0 Å². The van der Waals surface area contributed by atoms with Gasteiger partial charge in [0.1, 0.15) is 0 Å². The van der Waals surface area contributed by atoms with E-state index in [2.05, 4.69) is 10.1 Å². The van der Waals surface area contributed by atoms with E-state index in [1.807, 2.05) is 6.92 Å². The van der Waals surface area contributed by atoms with Gasteiger partial charge in [0.15, 0.2) is 11.9 Å². The Morgan fingerprint density at radius 3 is 2.59 bits per heavy atom. The van der Waals surface area contributed by atoms with Gasteiger partial charge in [0, 0.05) is 6.42 Å². The van der Waals surface area contributed by atoms with Gasteiger partial charge in [-0.15, -0.1) is 0 Å². The molecule has 0 spiro atoms. The van der Waals surface area contributed by atoms with Crippen LogP contribution in [0.5, 0.6) is 0 Å². The largest absolute Gasteiger partial charge is 0.415 e. The Balaban J connectivity index is 2.69. The molecule has 2 atom stereocenters. The molecule has 0 aromatic carbocycles. The van der Waals surface area contributed by atoms with Gasteiger partial charge in [-0.3, -0.25) is 0 Å². The van der Waals surface area contributed by atoms with E-state index in [1.165, 1.54) is 6.92 Å². The monoisotopic (exact) mass is 252 g/mol. The standard InChI is InChI=1S/C10H15F3N2O2/c1-3-4-5-7-14-9(17-15-7)6(2)8(16)10(11,12)13/h6,8,16H,3-5H2,1-2H3. The van der Waals surface area contributed by atoms with Gasteiger partial charge in [-0.05, 0) is 6.42 Å². The summed E-state index contributed by atoms with van der Waals surface area (Å²) < 4.78 is 41.5. The second-order valence-electron chi connectivity index (χ2n) is 3.93. The van der Waals surface area contributed by atoms with Gasteiger partial charge in [0.05, 0.1) is 5.92 Å². The second kappa shape index (κ2) is 5.48. The van der Waals surface area contributed by atoms with Crippen LogP contribution in [0.4, 0.5) is 13.2 Å². The van der Waals surface area contributed by atoms with Crippen LogP contribution in [-0.4, -0.2) is 27.5 Å². The van der Waals surface area contributed by atoms with Crippen molar-refractivity contribution in [2.24, 2.45) is 0 Å². The zero-order chi connectivity index (χ0) is 13.1. The van der Waals surface area contributed by atoms with Crippen molar-refractivity contribution in [3.05, 3.63) is 11.7 Å². The van der Waals surface area contributed by atoms with Crippen molar-refractivity contribution in [3.8, 4) is 0 Å². The molecule has 1 N–H and O–H groups in total. The molecule has 0 bridgehead atoms. The van der Waals surface area contributed by atoms with Crippen molar-refractivity contribution in [1.29, 1.82) is 0 Å². The molecule has 1 rings (SSSR count). The predicted octanol–water partition coefficient (Wildman–Crippen LogP) is 2.44. The van der Waals surface area contributed by atoms with Gasteiger partial charge >= 0.3 is 6.18 Å². The Kier molecular flexibility index (Phi) is 4.50. The maximum absolute atomic E-state index is 12.3. The number of hydrogen-bond acceptors (Lipinski definition) is 4. The van der Waals surface area contributed by atoms with Crippen LogP contribution in [0.25, 0.3) is 0 Å². The summed E-state index contributed by atoms with van der Waals surface area (Å²) in [7, 11) is 0. The Labute approximate surface area is 96.8 Å². The van der Waals surface area contributed by atoms with Gasteiger partial charge in [-0.25, -0.2) is 0 Å². The lowest BCUT2D eigenvalue weighted by atomic mass is 10.0. The Bertz CT molecular complexity index is 352. The van der Waals surface area contributed by atoms with Crippen LogP contribution < -0.4 is 0 Å². The van der Waals surface area contributed by atoms with Crippen molar-refractivity contribution < 1.29 is 22.8 Å². The number of aromatic nitrogens is 2. The third-order valence-electron chi connectivity index (χ3n) is 2.44. The van der Waals surface area contributed by atoms with Crippen molar-refractivity contribution in [2.75, 3.05) is 0 Å². The van der Waals surface area contributed by atoms with Crippen LogP contribution in [0.15, 0.2) is 4.52 Å². The van der Waals surface area contributed by atoms with Gasteiger partial charge in [0.25, 0.3) is 0 Å². The van der Waals surface area contributed by atoms with Gasteiger partial charge in [-0.2, -0.15) is 18.2 Å². The number of hydrogen-bond donors (Lipinski definition) is 1. The van der Waals surface area contributed by atoms with E-state index in [0.717, 1.165) is 12.8 Å². The average molecular weight is 252 g/mol. The highest BCUT2D eigenvalue weighted by molar-refractivity contribution is 4.97. The SMILES string of the molecule is CCCCc1noc(C(C)C(O)C(F)(F)F)n1. The molecule has 1 aromatic rings. The first kappa shape index (κ1) is 14.0. The van der Waals surface area contributed by atoms with E-state index in [-0.39, 0.29) is 5.89 Å². The summed E-state index contributed by atoms with van der Waals surface area (Å²) in [4.78, 5) is 3.84. The molecule has 2 unspecified atom stereocenters. The van der Waals surface area contributed by atoms with E-state index in [0.29, 0.717) is 12.2 Å². The first-order valence-corrected chi connectivity index (χ1v) is 5.43. The smallest absolute Gasteiger partial charge is 0.383 e. The molecule has 17 heavy (non-hydrogen) atoms. The Morgan fingerprint density at radius 1 is 1.41 bits per heavy atom. The molecular formula is C10H15F3N2O2. The molecule has 0 radical (unpaired) electrons. The van der Waals surface area contributed by atoms with Crippen LogP contribution in [-0.2, 0) is 6.42 Å². The second-order valence-corrected chi connectivity index (χ2v) is 3.93. The summed E-state index contributed by atoms with van der Waals surface area (Å²) in [5.41, 5.74) is 0. The molecule has 0 saturated carbocycles. The van der Waals surface area contributed by atoms with Crippen LogP contribution in [0, 0.1) is 0 Å². The molecular weight excluding hydrogens is 237 g/mol. The van der Waals surface area contributed by atoms with E-state index in [4.69, 9.17) is 9.63 Å². The quantitative estimate of drug-likeness (QED) is 0.874.